The number of nitrogens with zero attached hydrogens (tertiary/aromatic N) is 3. The number of carbonyl (C=O) groups excluding carboxylic acids is 4. The molecule has 2 atom stereocenters. The molecule has 0 aliphatic carbocycles. The molecule has 0 bridgehead atoms. The fraction of sp³-hybridized carbons (Fsp3) is 0.348. The molecule has 10 nitrogen and oxygen atoms in total. The van der Waals surface area contributed by atoms with Crippen molar-refractivity contribution in [3.05, 3.63) is 125 Å². The number of piperidine rings is 3. The summed E-state index contributed by atoms with van der Waals surface area (Å²) in [5.74, 6) is -0.626. The Morgan fingerprint density at radius 2 is 1.47 bits per heavy atom. The molecule has 1 unspecified atom stereocenters. The molecule has 4 aromatic rings. The topological polar surface area (TPSA) is 122 Å². The van der Waals surface area contributed by atoms with Crippen LogP contribution in [0.25, 0.3) is 11.1 Å². The summed E-state index contributed by atoms with van der Waals surface area (Å²) in [5.41, 5.74) is 8.18. The van der Waals surface area contributed by atoms with Crippen LogP contribution in [0.5, 0.6) is 5.75 Å². The molecule has 0 saturated carbocycles. The van der Waals surface area contributed by atoms with Crippen molar-refractivity contribution in [2.24, 2.45) is 5.92 Å². The number of benzene rings is 4. The van der Waals surface area contributed by atoms with E-state index in [9.17, 15) is 24.3 Å². The molecular weight excluding hydrogens is 738 g/mol. The lowest BCUT2D eigenvalue weighted by Gasteiger charge is -2.39. The fourth-order valence-electron chi connectivity index (χ4n) is 9.00. The van der Waals surface area contributed by atoms with E-state index in [4.69, 9.17) is 11.6 Å². The van der Waals surface area contributed by atoms with Crippen molar-refractivity contribution in [3.63, 3.8) is 0 Å². The lowest BCUT2D eigenvalue weighted by Crippen LogP contribution is -2.54. The van der Waals surface area contributed by atoms with Crippen molar-refractivity contribution >= 4 is 57.8 Å². The van der Waals surface area contributed by atoms with Gasteiger partial charge in [0, 0.05) is 55.9 Å². The van der Waals surface area contributed by atoms with Gasteiger partial charge in [0.1, 0.15) is 11.8 Å². The van der Waals surface area contributed by atoms with E-state index in [2.05, 4.69) is 69.0 Å². The zero-order chi connectivity index (χ0) is 39.5. The first kappa shape index (κ1) is 38.4. The third kappa shape index (κ3) is 8.34. The van der Waals surface area contributed by atoms with Crippen molar-refractivity contribution in [1.82, 2.24) is 15.1 Å². The van der Waals surface area contributed by atoms with E-state index >= 15 is 0 Å². The lowest BCUT2D eigenvalue weighted by atomic mass is 9.88. The maximum absolute atomic E-state index is 13.4. The summed E-state index contributed by atoms with van der Waals surface area (Å²) in [6.45, 7) is 5.01. The number of aromatic hydroxyl groups is 1. The van der Waals surface area contributed by atoms with Crippen molar-refractivity contribution in [3.8, 4) is 5.75 Å². The van der Waals surface area contributed by atoms with Gasteiger partial charge in [0.15, 0.2) is 0 Å². The van der Waals surface area contributed by atoms with E-state index in [1.54, 1.807) is 24.3 Å². The van der Waals surface area contributed by atoms with E-state index in [0.717, 1.165) is 97.7 Å². The predicted molar refractivity (Wildman–Crippen MR) is 223 cm³/mol. The Hall–Kier alpha value is -5.45. The normalized spacial score (nSPS) is 21.0. The van der Waals surface area contributed by atoms with Gasteiger partial charge in [-0.3, -0.25) is 29.4 Å². The van der Waals surface area contributed by atoms with Crippen LogP contribution < -0.4 is 15.5 Å². The summed E-state index contributed by atoms with van der Waals surface area (Å²) in [6, 6.07) is 31.2. The molecule has 0 radical (unpaired) electrons. The molecule has 294 valence electrons. The second kappa shape index (κ2) is 17.0. The number of anilines is 2. The monoisotopic (exact) mass is 785 g/mol. The number of phenolic OH excluding ortho intramolecular Hbond substituents is 1. The molecular formula is C46H48ClN5O5. The molecule has 0 spiro atoms. The van der Waals surface area contributed by atoms with Crippen molar-refractivity contribution < 1.29 is 24.3 Å². The van der Waals surface area contributed by atoms with Crippen LogP contribution in [0.3, 0.4) is 0 Å². The number of hydrogen-bond donors (Lipinski definition) is 3. The molecule has 3 N–H and O–H groups in total. The molecule has 4 amide bonds. The number of allylic oxidation sites excluding steroid dienone is 1. The average molecular weight is 786 g/mol. The molecule has 4 heterocycles. The van der Waals surface area contributed by atoms with E-state index in [1.165, 1.54) is 11.3 Å². The number of rotatable bonds is 11. The zero-order valence-electron chi connectivity index (χ0n) is 32.0. The summed E-state index contributed by atoms with van der Waals surface area (Å²) in [7, 11) is 0. The summed E-state index contributed by atoms with van der Waals surface area (Å²) >= 11 is 6.36. The Morgan fingerprint density at radius 3 is 2.18 bits per heavy atom. The summed E-state index contributed by atoms with van der Waals surface area (Å²) in [5, 5.41) is 15.9. The smallest absolute Gasteiger partial charge is 0.262 e. The largest absolute Gasteiger partial charge is 0.508 e. The minimum absolute atomic E-state index is 0.0941. The molecule has 3 saturated heterocycles. The van der Waals surface area contributed by atoms with Crippen LogP contribution in [0.4, 0.5) is 11.4 Å². The Morgan fingerprint density at radius 1 is 0.772 bits per heavy atom. The molecule has 4 aromatic carbocycles. The number of phenols is 1. The first-order valence-electron chi connectivity index (χ1n) is 20.1. The number of hydrogen-bond acceptors (Lipinski definition) is 8. The van der Waals surface area contributed by atoms with E-state index in [1.807, 2.05) is 24.3 Å². The Kier molecular flexibility index (Phi) is 11.4. The SMILES string of the molecule is O=C1CCC(N2C(=O)c3ccc(N[C@H]4CCCN(CC5CCN(c6ccc(C(=C(CCCl)c7ccccc7)c7ccc(O)cc7)cc6)CC5)C4)cc3C2=O)C(=O)N1. The predicted octanol–water partition coefficient (Wildman–Crippen LogP) is 7.17. The van der Waals surface area contributed by atoms with Gasteiger partial charge in [0.05, 0.1) is 11.1 Å². The first-order valence-corrected chi connectivity index (χ1v) is 20.6. The average Bonchev–Trinajstić information content (AvgIpc) is 3.47. The standard InChI is InChI=1S/C46H48ClN5O5/c47-23-20-38(31-5-2-1-3-6-31)43(33-10-15-37(53)16-11-33)32-8-13-36(14-9-32)51-25-21-30(22-26-51)28-50-24-4-7-35(29-50)48-34-12-17-39-40(27-34)46(57)52(45(39)56)41-18-19-42(54)49-44(41)55/h1-3,5-6,8-17,27,30,35,41,48,53H,4,7,18-26,28-29H2,(H,49,54,55)/t35-,41?/m0/s1. The van der Waals surface area contributed by atoms with Gasteiger partial charge in [-0.25, -0.2) is 0 Å². The van der Waals surface area contributed by atoms with Crippen LogP contribution in [-0.2, 0) is 9.59 Å². The van der Waals surface area contributed by atoms with Gasteiger partial charge >= 0.3 is 0 Å². The van der Waals surface area contributed by atoms with Crippen LogP contribution in [0, 0.1) is 5.92 Å². The van der Waals surface area contributed by atoms with E-state index in [0.29, 0.717) is 17.4 Å². The van der Waals surface area contributed by atoms with Gasteiger partial charge in [-0.1, -0.05) is 54.6 Å². The van der Waals surface area contributed by atoms with Crippen molar-refractivity contribution in [1.29, 1.82) is 0 Å². The summed E-state index contributed by atoms with van der Waals surface area (Å²) in [4.78, 5) is 56.7. The maximum atomic E-state index is 13.4. The van der Waals surface area contributed by atoms with Crippen LogP contribution in [0.15, 0.2) is 97.1 Å². The van der Waals surface area contributed by atoms with Crippen LogP contribution in [-0.4, -0.2) is 89.2 Å². The van der Waals surface area contributed by atoms with Gasteiger partial charge in [-0.05, 0) is 121 Å². The second-order valence-corrected chi connectivity index (χ2v) is 16.0. The van der Waals surface area contributed by atoms with Gasteiger partial charge in [0.25, 0.3) is 11.8 Å². The van der Waals surface area contributed by atoms with E-state index in [-0.39, 0.29) is 36.1 Å². The van der Waals surface area contributed by atoms with E-state index < -0.39 is 23.8 Å². The molecule has 57 heavy (non-hydrogen) atoms. The van der Waals surface area contributed by atoms with Gasteiger partial charge in [-0.2, -0.15) is 0 Å². The quantitative estimate of drug-likeness (QED) is 0.0832. The molecule has 4 aliphatic heterocycles. The number of likely N-dealkylation sites (tertiary alicyclic amines) is 1. The van der Waals surface area contributed by atoms with Crippen molar-refractivity contribution in [2.75, 3.05) is 48.8 Å². The summed E-state index contributed by atoms with van der Waals surface area (Å²) in [6.07, 6.45) is 5.28. The number of halogens is 1. The lowest BCUT2D eigenvalue weighted by molar-refractivity contribution is -0.136. The molecule has 0 aromatic heterocycles. The number of fused-ring (bicyclic) bond motifs is 1. The maximum Gasteiger partial charge on any atom is 0.262 e. The second-order valence-electron chi connectivity index (χ2n) is 15.6. The molecule has 8 rings (SSSR count). The number of amides is 4. The minimum Gasteiger partial charge on any atom is -0.508 e. The highest BCUT2D eigenvalue weighted by molar-refractivity contribution is 6.23. The highest BCUT2D eigenvalue weighted by Crippen LogP contribution is 2.37. The summed E-state index contributed by atoms with van der Waals surface area (Å²) < 4.78 is 0. The third-order valence-electron chi connectivity index (χ3n) is 11.9. The Bertz CT molecular complexity index is 2170. The third-order valence-corrected chi connectivity index (χ3v) is 12.1. The number of carbonyl (C=O) groups is 4. The number of imide groups is 2. The van der Waals surface area contributed by atoms with Gasteiger partial charge in [-0.15, -0.1) is 11.6 Å². The molecule has 3 fully saturated rings. The molecule has 11 heteroatoms. The van der Waals surface area contributed by atoms with Crippen LogP contribution in [0.1, 0.15) is 82.4 Å². The van der Waals surface area contributed by atoms with Gasteiger partial charge < -0.3 is 20.2 Å². The Balaban J connectivity index is 0.875. The molecule has 4 aliphatic rings. The number of alkyl halides is 1. The van der Waals surface area contributed by atoms with Crippen LogP contribution in [0.2, 0.25) is 0 Å². The first-order chi connectivity index (χ1) is 27.7. The fourth-order valence-corrected chi connectivity index (χ4v) is 9.19. The van der Waals surface area contributed by atoms with Crippen LogP contribution >= 0.6 is 11.6 Å². The van der Waals surface area contributed by atoms with Gasteiger partial charge in [0.2, 0.25) is 11.8 Å². The zero-order valence-corrected chi connectivity index (χ0v) is 32.7. The highest BCUT2D eigenvalue weighted by Gasteiger charge is 2.44. The van der Waals surface area contributed by atoms with Crippen molar-refractivity contribution in [2.45, 2.75) is 57.0 Å². The highest BCUT2D eigenvalue weighted by atomic mass is 35.5. The number of nitrogens with one attached hydrogen (secondary N) is 2. The Labute approximate surface area is 338 Å². The minimum atomic E-state index is -0.973.